The summed E-state index contributed by atoms with van der Waals surface area (Å²) in [7, 11) is 2.92. The molecule has 7 nitrogen and oxygen atoms in total. The van der Waals surface area contributed by atoms with E-state index >= 15 is 0 Å². The Morgan fingerprint density at radius 3 is 2.06 bits per heavy atom. The van der Waals surface area contributed by atoms with Gasteiger partial charge in [0.2, 0.25) is 5.91 Å². The molecule has 0 atom stereocenters. The van der Waals surface area contributed by atoms with E-state index in [9.17, 15) is 14.4 Å². The Morgan fingerprint density at radius 1 is 0.839 bits per heavy atom. The fraction of sp³-hybridized carbons (Fsp3) is 0.174. The molecule has 1 heterocycles. The largest absolute Gasteiger partial charge is 0.494 e. The molecule has 31 heavy (non-hydrogen) atoms. The number of hydrogen-bond donors (Lipinski definition) is 2. The van der Waals surface area contributed by atoms with E-state index in [0.717, 1.165) is 0 Å². The van der Waals surface area contributed by atoms with Crippen molar-refractivity contribution in [1.82, 2.24) is 0 Å². The molecule has 3 rings (SSSR count). The SMILES string of the molecule is COc1cc(NC(=O)c2ccccc2)c(OC)cc1NC(=O)CCC(=O)c1cccs1. The molecule has 1 aromatic heterocycles. The van der Waals surface area contributed by atoms with Gasteiger partial charge in [-0.15, -0.1) is 11.3 Å². The van der Waals surface area contributed by atoms with Gasteiger partial charge in [-0.2, -0.15) is 0 Å². The minimum atomic E-state index is -0.327. The highest BCUT2D eigenvalue weighted by Crippen LogP contribution is 2.36. The number of ether oxygens (including phenoxy) is 2. The Bertz CT molecular complexity index is 1070. The molecular weight excluding hydrogens is 416 g/mol. The number of hydrogen-bond acceptors (Lipinski definition) is 6. The number of thiophene rings is 1. The summed E-state index contributed by atoms with van der Waals surface area (Å²) in [6.07, 6.45) is 0.145. The summed E-state index contributed by atoms with van der Waals surface area (Å²) in [6.45, 7) is 0. The van der Waals surface area contributed by atoms with Crippen LogP contribution < -0.4 is 20.1 Å². The van der Waals surface area contributed by atoms with Crippen molar-refractivity contribution < 1.29 is 23.9 Å². The first kappa shape index (κ1) is 22.0. The standard InChI is InChI=1S/C23H22N2O5S/c1-29-19-14-17(25-23(28)15-7-4-3-5-8-15)20(30-2)13-16(19)24-22(27)11-10-18(26)21-9-6-12-31-21/h3-9,12-14H,10-11H2,1-2H3,(H,24,27)(H,25,28). The highest BCUT2D eigenvalue weighted by molar-refractivity contribution is 7.12. The van der Waals surface area contributed by atoms with Gasteiger partial charge in [0.05, 0.1) is 30.5 Å². The van der Waals surface area contributed by atoms with E-state index in [1.165, 1.54) is 25.6 Å². The lowest BCUT2D eigenvalue weighted by molar-refractivity contribution is -0.116. The fourth-order valence-electron chi connectivity index (χ4n) is 2.88. The number of benzene rings is 2. The normalized spacial score (nSPS) is 10.3. The summed E-state index contributed by atoms with van der Waals surface area (Å²) >= 11 is 1.35. The second kappa shape index (κ2) is 10.4. The van der Waals surface area contributed by atoms with Crippen molar-refractivity contribution in [3.05, 3.63) is 70.4 Å². The van der Waals surface area contributed by atoms with Gasteiger partial charge in [-0.05, 0) is 23.6 Å². The molecule has 0 aliphatic heterocycles. The van der Waals surface area contributed by atoms with E-state index in [0.29, 0.717) is 33.3 Å². The van der Waals surface area contributed by atoms with Gasteiger partial charge in [-0.3, -0.25) is 14.4 Å². The van der Waals surface area contributed by atoms with Crippen LogP contribution in [0.1, 0.15) is 32.9 Å². The van der Waals surface area contributed by atoms with E-state index < -0.39 is 0 Å². The third-order valence-electron chi connectivity index (χ3n) is 4.45. The Morgan fingerprint density at radius 2 is 1.48 bits per heavy atom. The minimum Gasteiger partial charge on any atom is -0.494 e. The zero-order valence-corrected chi connectivity index (χ0v) is 18.0. The van der Waals surface area contributed by atoms with Gasteiger partial charge in [-0.25, -0.2) is 0 Å². The molecule has 160 valence electrons. The fourth-order valence-corrected chi connectivity index (χ4v) is 3.57. The van der Waals surface area contributed by atoms with Gasteiger partial charge in [0.25, 0.3) is 5.91 Å². The lowest BCUT2D eigenvalue weighted by atomic mass is 10.1. The predicted molar refractivity (Wildman–Crippen MR) is 120 cm³/mol. The Hall–Kier alpha value is -3.65. The van der Waals surface area contributed by atoms with Gasteiger partial charge in [0, 0.05) is 30.5 Å². The number of carbonyl (C=O) groups is 3. The topological polar surface area (TPSA) is 93.7 Å². The van der Waals surface area contributed by atoms with Gasteiger partial charge >= 0.3 is 0 Å². The third-order valence-corrected chi connectivity index (χ3v) is 5.37. The summed E-state index contributed by atoms with van der Waals surface area (Å²) < 4.78 is 10.7. The first-order valence-electron chi connectivity index (χ1n) is 9.50. The van der Waals surface area contributed by atoms with Crippen molar-refractivity contribution in [2.45, 2.75) is 12.8 Å². The Kier molecular flexibility index (Phi) is 7.40. The number of rotatable bonds is 9. The van der Waals surface area contributed by atoms with Crippen molar-refractivity contribution in [3.63, 3.8) is 0 Å². The number of amides is 2. The van der Waals surface area contributed by atoms with Crippen molar-refractivity contribution in [1.29, 1.82) is 0 Å². The highest BCUT2D eigenvalue weighted by atomic mass is 32.1. The molecule has 0 radical (unpaired) electrons. The van der Waals surface area contributed by atoms with E-state index in [2.05, 4.69) is 10.6 Å². The molecule has 2 N–H and O–H groups in total. The van der Waals surface area contributed by atoms with Gasteiger partial charge in [0.15, 0.2) is 5.78 Å². The number of Topliss-reactive ketones (excluding diaryl/α,β-unsaturated/α-hetero) is 1. The molecule has 0 saturated carbocycles. The molecule has 8 heteroatoms. The lowest BCUT2D eigenvalue weighted by Gasteiger charge is -2.16. The van der Waals surface area contributed by atoms with E-state index in [1.54, 1.807) is 48.5 Å². The lowest BCUT2D eigenvalue weighted by Crippen LogP contribution is -2.15. The van der Waals surface area contributed by atoms with Crippen LogP contribution in [0.4, 0.5) is 11.4 Å². The second-order valence-corrected chi connectivity index (χ2v) is 7.47. The molecule has 0 fully saturated rings. The van der Waals surface area contributed by atoms with Crippen LogP contribution in [0.15, 0.2) is 60.0 Å². The summed E-state index contributed by atoms with van der Waals surface area (Å²) in [4.78, 5) is 37.6. The number of ketones is 1. The van der Waals surface area contributed by atoms with Gasteiger partial charge in [0.1, 0.15) is 11.5 Å². The zero-order valence-electron chi connectivity index (χ0n) is 17.1. The molecule has 0 bridgehead atoms. The average Bonchev–Trinajstić information content (AvgIpc) is 3.33. The van der Waals surface area contributed by atoms with Crippen LogP contribution in [0.3, 0.4) is 0 Å². The van der Waals surface area contributed by atoms with Crippen molar-refractivity contribution in [3.8, 4) is 11.5 Å². The van der Waals surface area contributed by atoms with Gasteiger partial charge in [-0.1, -0.05) is 24.3 Å². The maximum absolute atomic E-state index is 12.5. The predicted octanol–water partition coefficient (Wildman–Crippen LogP) is 4.62. The number of carbonyl (C=O) groups excluding carboxylic acids is 3. The quantitative estimate of drug-likeness (QED) is 0.476. The second-order valence-electron chi connectivity index (χ2n) is 6.52. The summed E-state index contributed by atoms with van der Waals surface area (Å²) in [5.74, 6) is 0.00182. The Labute approximate surface area is 184 Å². The maximum atomic E-state index is 12.5. The monoisotopic (exact) mass is 438 g/mol. The summed E-state index contributed by atoms with van der Waals surface area (Å²) in [5, 5.41) is 7.35. The van der Waals surface area contributed by atoms with E-state index in [1.807, 2.05) is 11.4 Å². The average molecular weight is 439 g/mol. The molecular formula is C23H22N2O5S. The first-order chi connectivity index (χ1) is 15.0. The van der Waals surface area contributed by atoms with Crippen molar-refractivity contribution in [2.24, 2.45) is 0 Å². The smallest absolute Gasteiger partial charge is 0.255 e. The maximum Gasteiger partial charge on any atom is 0.255 e. The number of anilines is 2. The van der Waals surface area contributed by atoms with Crippen LogP contribution in [-0.4, -0.2) is 31.8 Å². The first-order valence-corrected chi connectivity index (χ1v) is 10.4. The van der Waals surface area contributed by atoms with E-state index in [4.69, 9.17) is 9.47 Å². The molecule has 0 aliphatic rings. The van der Waals surface area contributed by atoms with Crippen molar-refractivity contribution >= 4 is 40.3 Å². The third kappa shape index (κ3) is 5.70. The van der Waals surface area contributed by atoms with Crippen LogP contribution in [0.25, 0.3) is 0 Å². The zero-order chi connectivity index (χ0) is 22.2. The van der Waals surface area contributed by atoms with E-state index in [-0.39, 0.29) is 30.4 Å². The van der Waals surface area contributed by atoms with Crippen LogP contribution in [-0.2, 0) is 4.79 Å². The van der Waals surface area contributed by atoms with Crippen molar-refractivity contribution in [2.75, 3.05) is 24.9 Å². The molecule has 0 aliphatic carbocycles. The van der Waals surface area contributed by atoms with Crippen LogP contribution in [0.5, 0.6) is 11.5 Å². The molecule has 0 unspecified atom stereocenters. The minimum absolute atomic E-state index is 0.0364. The van der Waals surface area contributed by atoms with Crippen LogP contribution >= 0.6 is 11.3 Å². The molecule has 0 saturated heterocycles. The van der Waals surface area contributed by atoms with Crippen LogP contribution in [0.2, 0.25) is 0 Å². The molecule has 2 amide bonds. The van der Waals surface area contributed by atoms with Gasteiger partial charge < -0.3 is 20.1 Å². The molecule has 0 spiro atoms. The number of nitrogens with one attached hydrogen (secondary N) is 2. The molecule has 3 aromatic rings. The Balaban J connectivity index is 1.71. The summed E-state index contributed by atoms with van der Waals surface area (Å²) in [5.41, 5.74) is 1.28. The van der Waals surface area contributed by atoms with Crippen LogP contribution in [0, 0.1) is 0 Å². The molecule has 2 aromatic carbocycles. The highest BCUT2D eigenvalue weighted by Gasteiger charge is 2.17. The summed E-state index contributed by atoms with van der Waals surface area (Å²) in [6, 6.07) is 15.4. The number of methoxy groups -OCH3 is 2.